The lowest BCUT2D eigenvalue weighted by molar-refractivity contribution is -0.213. The molecule has 0 radical (unpaired) electrons. The predicted octanol–water partition coefficient (Wildman–Crippen LogP) is 2.99. The highest BCUT2D eigenvalue weighted by Gasteiger charge is 2.94. The average molecular weight is 539 g/mol. The topological polar surface area (TPSA) is 130 Å². The van der Waals surface area contributed by atoms with Crippen molar-refractivity contribution >= 4 is 23.8 Å². The van der Waals surface area contributed by atoms with Crippen molar-refractivity contribution in [2.45, 2.75) is 83.9 Å². The molecule has 210 valence electrons. The first-order valence-electron chi connectivity index (χ1n) is 13.6. The fourth-order valence-electron chi connectivity index (χ4n) is 9.46. The van der Waals surface area contributed by atoms with E-state index in [1.807, 2.05) is 30.3 Å². The number of hydrogen-bond donors (Lipinski definition) is 3. The molecule has 4 aliphatic carbocycles. The molecule has 4 unspecified atom stereocenters. The Morgan fingerprint density at radius 1 is 1.10 bits per heavy atom. The minimum Gasteiger partial charge on any atom is -0.459 e. The second-order valence-electron chi connectivity index (χ2n) is 12.6. The molecule has 0 heterocycles. The summed E-state index contributed by atoms with van der Waals surface area (Å²) in [6, 6.07) is 9.28. The Labute approximate surface area is 228 Å². The number of benzene rings is 1. The first-order chi connectivity index (χ1) is 18.1. The van der Waals surface area contributed by atoms with E-state index < -0.39 is 69.5 Å². The van der Waals surface area contributed by atoms with Crippen LogP contribution in [0.5, 0.6) is 0 Å². The molecule has 3 N–H and O–H groups in total. The molecule has 0 amide bonds. The fraction of sp³-hybridized carbons (Fsp3) is 0.581. The number of carbonyl (C=O) groups is 3. The van der Waals surface area contributed by atoms with Crippen molar-refractivity contribution in [2.75, 3.05) is 0 Å². The van der Waals surface area contributed by atoms with Crippen LogP contribution in [0.4, 0.5) is 0 Å². The van der Waals surface area contributed by atoms with E-state index in [-0.39, 0.29) is 18.6 Å². The van der Waals surface area contributed by atoms with E-state index >= 15 is 0 Å². The predicted molar refractivity (Wildman–Crippen MR) is 142 cm³/mol. The molecule has 2 bridgehead atoms. The van der Waals surface area contributed by atoms with Gasteiger partial charge in [-0.2, -0.15) is 0 Å². The Hall–Kier alpha value is -2.81. The molecule has 8 nitrogen and oxygen atoms in total. The summed E-state index contributed by atoms with van der Waals surface area (Å²) < 4.78 is 11.7. The molecule has 8 heteroatoms. The SMILES string of the molecule is C=C1[C@@H](OC(=O)/C=C/c2ccccc2)CC[C@@]2(C)[C@@H](O)[C@H](OC(C)=O)C34C(C)C(=O)C[C@](O)(C(O)C132)C4(C)C. The van der Waals surface area contributed by atoms with E-state index in [0.29, 0.717) is 12.0 Å². The van der Waals surface area contributed by atoms with Crippen LogP contribution in [0.25, 0.3) is 6.08 Å². The number of hydrogen-bond acceptors (Lipinski definition) is 8. The number of Topliss-reactive ketones (excluding diaryl/α,β-unsaturated/α-hetero) is 1. The van der Waals surface area contributed by atoms with Gasteiger partial charge in [-0.1, -0.05) is 64.6 Å². The number of ether oxygens (including phenoxy) is 2. The highest BCUT2D eigenvalue weighted by atomic mass is 16.6. The van der Waals surface area contributed by atoms with Gasteiger partial charge in [0.1, 0.15) is 23.6 Å². The minimum atomic E-state index is -1.89. The van der Waals surface area contributed by atoms with Crippen LogP contribution >= 0.6 is 0 Å². The fourth-order valence-corrected chi connectivity index (χ4v) is 9.46. The second-order valence-corrected chi connectivity index (χ2v) is 12.6. The number of aliphatic hydroxyl groups is 3. The third kappa shape index (κ3) is 3.03. The lowest BCUT2D eigenvalue weighted by atomic mass is 9.42. The smallest absolute Gasteiger partial charge is 0.331 e. The number of fused-ring (bicyclic) bond motifs is 1. The third-order valence-corrected chi connectivity index (χ3v) is 11.1. The second kappa shape index (κ2) is 8.59. The van der Waals surface area contributed by atoms with Crippen LogP contribution < -0.4 is 0 Å². The van der Waals surface area contributed by atoms with Crippen LogP contribution in [0.15, 0.2) is 48.6 Å². The summed E-state index contributed by atoms with van der Waals surface area (Å²) in [4.78, 5) is 38.9. The standard InChI is InChI=1S/C31H38O8/c1-17-21(33)16-29(37)26(36)31-18(2)22(39-23(34)13-12-20-10-8-7-9-11-20)14-15-28(31,6)24(35)25(38-19(3)32)30(17,31)27(29,4)5/h7-13,17,22,24-26,35-37H,2,14-16H2,1,3-6H3/b13-12+/t17?,22-,24-,25-,26?,28-,29-,30?,31?/m0/s1. The van der Waals surface area contributed by atoms with Crippen molar-refractivity contribution < 1.29 is 39.2 Å². The van der Waals surface area contributed by atoms with E-state index in [2.05, 4.69) is 6.58 Å². The molecule has 4 fully saturated rings. The van der Waals surface area contributed by atoms with Crippen molar-refractivity contribution in [1.29, 1.82) is 0 Å². The highest BCUT2D eigenvalue weighted by Crippen LogP contribution is 2.86. The molecule has 4 saturated carbocycles. The van der Waals surface area contributed by atoms with Crippen LogP contribution in [-0.2, 0) is 23.9 Å². The Balaban J connectivity index is 1.66. The van der Waals surface area contributed by atoms with Crippen molar-refractivity contribution in [3.8, 4) is 0 Å². The molecule has 0 saturated heterocycles. The molecule has 4 aliphatic rings. The van der Waals surface area contributed by atoms with Crippen molar-refractivity contribution in [3.63, 3.8) is 0 Å². The zero-order valence-corrected chi connectivity index (χ0v) is 23.1. The van der Waals surface area contributed by atoms with E-state index in [1.54, 1.807) is 33.8 Å². The van der Waals surface area contributed by atoms with Gasteiger partial charge >= 0.3 is 11.9 Å². The van der Waals surface area contributed by atoms with Gasteiger partial charge in [-0.25, -0.2) is 4.79 Å². The highest BCUT2D eigenvalue weighted by molar-refractivity contribution is 5.88. The molecule has 1 aromatic rings. The van der Waals surface area contributed by atoms with Gasteiger partial charge in [0.2, 0.25) is 0 Å². The van der Waals surface area contributed by atoms with Crippen LogP contribution in [0.2, 0.25) is 0 Å². The normalized spacial score (nSPS) is 44.2. The van der Waals surface area contributed by atoms with Gasteiger partial charge in [-0.3, -0.25) is 9.59 Å². The summed E-state index contributed by atoms with van der Waals surface area (Å²) in [5.41, 5.74) is -6.02. The lowest BCUT2D eigenvalue weighted by Gasteiger charge is -2.60. The maximum absolute atomic E-state index is 13.5. The summed E-state index contributed by atoms with van der Waals surface area (Å²) in [6.07, 6.45) is -1.62. The van der Waals surface area contributed by atoms with Crippen LogP contribution in [0.1, 0.15) is 59.4 Å². The Morgan fingerprint density at radius 2 is 1.74 bits per heavy atom. The zero-order chi connectivity index (χ0) is 28.8. The van der Waals surface area contributed by atoms with E-state index in [4.69, 9.17) is 9.47 Å². The Kier molecular flexibility index (Phi) is 6.11. The van der Waals surface area contributed by atoms with Crippen LogP contribution in [-0.4, -0.2) is 63.1 Å². The molecule has 39 heavy (non-hydrogen) atoms. The Morgan fingerprint density at radius 3 is 2.36 bits per heavy atom. The van der Waals surface area contributed by atoms with Gasteiger partial charge in [0, 0.05) is 47.0 Å². The van der Waals surface area contributed by atoms with Crippen LogP contribution in [0.3, 0.4) is 0 Å². The molecular weight excluding hydrogens is 500 g/mol. The van der Waals surface area contributed by atoms with Crippen LogP contribution in [0, 0.1) is 27.6 Å². The number of carbonyl (C=O) groups excluding carboxylic acids is 3. The third-order valence-electron chi connectivity index (χ3n) is 11.1. The van der Waals surface area contributed by atoms with Crippen molar-refractivity contribution in [3.05, 3.63) is 54.1 Å². The van der Waals surface area contributed by atoms with E-state index in [9.17, 15) is 29.7 Å². The lowest BCUT2D eigenvalue weighted by Crippen LogP contribution is -2.65. The van der Waals surface area contributed by atoms with Gasteiger partial charge in [0.05, 0.1) is 12.2 Å². The molecule has 0 aliphatic heterocycles. The van der Waals surface area contributed by atoms with Gasteiger partial charge in [0.15, 0.2) is 0 Å². The molecular formula is C31H38O8. The molecule has 1 aromatic carbocycles. The van der Waals surface area contributed by atoms with E-state index in [1.165, 1.54) is 13.0 Å². The maximum Gasteiger partial charge on any atom is 0.331 e. The molecule has 5 rings (SSSR count). The first kappa shape index (κ1) is 27.7. The van der Waals surface area contributed by atoms with Gasteiger partial charge < -0.3 is 24.8 Å². The summed E-state index contributed by atoms with van der Waals surface area (Å²) >= 11 is 0. The minimum absolute atomic E-state index is 0.275. The summed E-state index contributed by atoms with van der Waals surface area (Å²) in [5, 5.41) is 36.2. The summed E-state index contributed by atoms with van der Waals surface area (Å²) in [5.74, 6) is -2.35. The Bertz CT molecular complexity index is 1270. The molecule has 0 aromatic heterocycles. The monoisotopic (exact) mass is 538 g/mol. The number of ketones is 1. The first-order valence-corrected chi connectivity index (χ1v) is 13.6. The maximum atomic E-state index is 13.5. The van der Waals surface area contributed by atoms with Gasteiger partial charge in [0.25, 0.3) is 0 Å². The number of rotatable bonds is 4. The quantitative estimate of drug-likeness (QED) is 0.303. The zero-order valence-electron chi connectivity index (χ0n) is 23.1. The van der Waals surface area contributed by atoms with Gasteiger partial charge in [-0.05, 0) is 30.1 Å². The van der Waals surface area contributed by atoms with Gasteiger partial charge in [-0.15, -0.1) is 0 Å². The largest absolute Gasteiger partial charge is 0.459 e. The van der Waals surface area contributed by atoms with E-state index in [0.717, 1.165) is 5.56 Å². The number of esters is 2. The molecule has 9 atom stereocenters. The average Bonchev–Trinajstić information content (AvgIpc) is 3.09. The molecule has 2 spiro atoms. The summed E-state index contributed by atoms with van der Waals surface area (Å²) in [7, 11) is 0. The number of aliphatic hydroxyl groups excluding tert-OH is 2. The summed E-state index contributed by atoms with van der Waals surface area (Å²) in [6.45, 7) is 12.6. The van der Waals surface area contributed by atoms with Crippen molar-refractivity contribution in [1.82, 2.24) is 0 Å². The van der Waals surface area contributed by atoms with Crippen molar-refractivity contribution in [2.24, 2.45) is 27.6 Å².